The largest absolute Gasteiger partial charge is 0.361 e. The number of aromatic amines is 1. The highest BCUT2D eigenvalue weighted by Gasteiger charge is 2.25. The van der Waals surface area contributed by atoms with Gasteiger partial charge < -0.3 is 10.3 Å². The summed E-state index contributed by atoms with van der Waals surface area (Å²) in [4.78, 5) is 28.6. The summed E-state index contributed by atoms with van der Waals surface area (Å²) in [7, 11) is 0. The zero-order valence-electron chi connectivity index (χ0n) is 16.5. The summed E-state index contributed by atoms with van der Waals surface area (Å²) in [5.41, 5.74) is 2.93. The second-order valence-corrected chi connectivity index (χ2v) is 8.95. The van der Waals surface area contributed by atoms with Gasteiger partial charge in [-0.15, -0.1) is 10.2 Å². The van der Waals surface area contributed by atoms with Gasteiger partial charge in [0.1, 0.15) is 11.0 Å². The van der Waals surface area contributed by atoms with Crippen LogP contribution in [0, 0.1) is 5.92 Å². The normalized spacial score (nSPS) is 12.2. The lowest BCUT2D eigenvalue weighted by molar-refractivity contribution is -0.128. The van der Waals surface area contributed by atoms with Crippen molar-refractivity contribution in [1.82, 2.24) is 20.5 Å². The van der Waals surface area contributed by atoms with Crippen molar-refractivity contribution in [2.24, 2.45) is 5.92 Å². The zero-order valence-corrected chi connectivity index (χ0v) is 18.1. The van der Waals surface area contributed by atoms with Crippen LogP contribution in [0.1, 0.15) is 19.4 Å². The number of H-pyrrole nitrogens is 1. The number of amides is 2. The van der Waals surface area contributed by atoms with Crippen molar-refractivity contribution in [3.63, 3.8) is 0 Å². The van der Waals surface area contributed by atoms with Crippen LogP contribution in [0.4, 0.5) is 5.13 Å². The van der Waals surface area contributed by atoms with Crippen LogP contribution in [-0.2, 0) is 16.0 Å². The van der Waals surface area contributed by atoms with Gasteiger partial charge in [0.05, 0.1) is 0 Å². The van der Waals surface area contributed by atoms with Gasteiger partial charge in [-0.2, -0.15) is 11.3 Å². The number of hydrogen-bond acceptors (Lipinski definition) is 6. The molecule has 3 heterocycles. The Balaban J connectivity index is 1.54. The Labute approximate surface area is 181 Å². The summed E-state index contributed by atoms with van der Waals surface area (Å²) < 4.78 is 0. The first-order chi connectivity index (χ1) is 14.5. The molecule has 0 aliphatic heterocycles. The molecule has 154 valence electrons. The molecule has 1 aromatic carbocycles. The minimum absolute atomic E-state index is 0.175. The Morgan fingerprint density at radius 2 is 1.97 bits per heavy atom. The second-order valence-electron chi connectivity index (χ2n) is 7.19. The minimum atomic E-state index is -0.729. The van der Waals surface area contributed by atoms with E-state index in [1.165, 1.54) is 11.3 Å². The Morgan fingerprint density at radius 1 is 1.13 bits per heavy atom. The molecule has 0 fully saturated rings. The molecule has 1 unspecified atom stereocenters. The van der Waals surface area contributed by atoms with Crippen LogP contribution in [-0.4, -0.2) is 33.0 Å². The molecule has 0 spiro atoms. The van der Waals surface area contributed by atoms with E-state index >= 15 is 0 Å². The Kier molecular flexibility index (Phi) is 5.91. The third-order valence-electron chi connectivity index (χ3n) is 4.68. The number of carbonyl (C=O) groups excluding carboxylic acids is 2. The summed E-state index contributed by atoms with van der Waals surface area (Å²) in [5.74, 6) is -0.719. The number of carbonyl (C=O) groups is 2. The molecule has 0 radical (unpaired) electrons. The molecule has 0 aliphatic rings. The fourth-order valence-corrected chi connectivity index (χ4v) is 4.50. The van der Waals surface area contributed by atoms with Crippen molar-refractivity contribution < 1.29 is 9.59 Å². The maximum atomic E-state index is 13.0. The summed E-state index contributed by atoms with van der Waals surface area (Å²) in [6.07, 6.45) is 2.25. The quantitative estimate of drug-likeness (QED) is 0.404. The Bertz CT molecular complexity index is 1160. The first-order valence-corrected chi connectivity index (χ1v) is 11.3. The van der Waals surface area contributed by atoms with Crippen LogP contribution in [0.25, 0.3) is 21.5 Å². The number of nitrogens with zero attached hydrogens (tertiary/aromatic N) is 2. The molecule has 4 aromatic rings. The van der Waals surface area contributed by atoms with E-state index in [1.54, 1.807) is 25.2 Å². The predicted molar refractivity (Wildman–Crippen MR) is 121 cm³/mol. The van der Waals surface area contributed by atoms with Gasteiger partial charge >= 0.3 is 0 Å². The average Bonchev–Trinajstić information content (AvgIpc) is 3.48. The zero-order chi connectivity index (χ0) is 21.1. The van der Waals surface area contributed by atoms with Crippen LogP contribution in [0.5, 0.6) is 0 Å². The molecule has 9 heteroatoms. The maximum Gasteiger partial charge on any atom is 0.249 e. The van der Waals surface area contributed by atoms with Gasteiger partial charge in [-0.3, -0.25) is 14.9 Å². The molecular formula is C21H21N5O2S2. The number of anilines is 1. The van der Waals surface area contributed by atoms with Gasteiger partial charge in [-0.05, 0) is 23.1 Å². The summed E-state index contributed by atoms with van der Waals surface area (Å²) in [5, 5.41) is 20.0. The molecule has 2 amide bonds. The smallest absolute Gasteiger partial charge is 0.249 e. The number of hydrogen-bond donors (Lipinski definition) is 3. The van der Waals surface area contributed by atoms with Crippen molar-refractivity contribution in [2.75, 3.05) is 5.32 Å². The number of rotatable bonds is 7. The molecule has 7 nitrogen and oxygen atoms in total. The summed E-state index contributed by atoms with van der Waals surface area (Å²) >= 11 is 2.88. The molecule has 30 heavy (non-hydrogen) atoms. The van der Waals surface area contributed by atoms with Crippen LogP contribution in [0.15, 0.2) is 47.3 Å². The number of para-hydroxylation sites is 1. The van der Waals surface area contributed by atoms with E-state index in [9.17, 15) is 9.59 Å². The standard InChI is InChI=1S/C21H21N5O2S2/c1-12(2)18(27)23-17(9-14-10-22-16-6-4-3-5-15(14)16)19(28)24-21-26-25-20(30-21)13-7-8-29-11-13/h3-8,10-12,17,22H,9H2,1-2H3,(H,23,27)(H,24,26,28). The van der Waals surface area contributed by atoms with Crippen molar-refractivity contribution in [2.45, 2.75) is 26.3 Å². The highest BCUT2D eigenvalue weighted by molar-refractivity contribution is 7.19. The Hall–Kier alpha value is -3.04. The Morgan fingerprint density at radius 3 is 2.73 bits per heavy atom. The highest BCUT2D eigenvalue weighted by atomic mass is 32.1. The molecule has 0 saturated heterocycles. The minimum Gasteiger partial charge on any atom is -0.361 e. The van der Waals surface area contributed by atoms with Crippen LogP contribution < -0.4 is 10.6 Å². The van der Waals surface area contributed by atoms with Gasteiger partial charge in [0, 0.05) is 40.4 Å². The molecule has 0 saturated carbocycles. The van der Waals surface area contributed by atoms with E-state index in [4.69, 9.17) is 0 Å². The molecule has 0 bridgehead atoms. The van der Waals surface area contributed by atoms with E-state index < -0.39 is 6.04 Å². The lowest BCUT2D eigenvalue weighted by Gasteiger charge is -2.18. The number of benzene rings is 1. The van der Waals surface area contributed by atoms with Crippen molar-refractivity contribution in [3.05, 3.63) is 52.9 Å². The van der Waals surface area contributed by atoms with Crippen LogP contribution in [0.3, 0.4) is 0 Å². The van der Waals surface area contributed by atoms with Gasteiger partial charge in [0.2, 0.25) is 16.9 Å². The number of thiophene rings is 1. The van der Waals surface area contributed by atoms with E-state index in [1.807, 2.05) is 47.3 Å². The van der Waals surface area contributed by atoms with Gasteiger partial charge in [0.15, 0.2) is 0 Å². The monoisotopic (exact) mass is 439 g/mol. The molecule has 1 atom stereocenters. The highest BCUT2D eigenvalue weighted by Crippen LogP contribution is 2.28. The average molecular weight is 440 g/mol. The second kappa shape index (κ2) is 8.76. The van der Waals surface area contributed by atoms with E-state index in [0.717, 1.165) is 27.0 Å². The SMILES string of the molecule is CC(C)C(=O)NC(Cc1c[nH]c2ccccc12)C(=O)Nc1nnc(-c2ccsc2)s1. The van der Waals surface area contributed by atoms with Gasteiger partial charge in [-0.25, -0.2) is 0 Å². The van der Waals surface area contributed by atoms with E-state index in [0.29, 0.717) is 11.6 Å². The fourth-order valence-electron chi connectivity index (χ4n) is 3.04. The van der Waals surface area contributed by atoms with Crippen molar-refractivity contribution in [3.8, 4) is 10.6 Å². The molecule has 3 aromatic heterocycles. The fraction of sp³-hybridized carbons (Fsp3) is 0.238. The summed E-state index contributed by atoms with van der Waals surface area (Å²) in [6, 6.07) is 9.11. The topological polar surface area (TPSA) is 99.8 Å². The van der Waals surface area contributed by atoms with Gasteiger partial charge in [0.25, 0.3) is 0 Å². The third kappa shape index (κ3) is 4.42. The molecule has 0 aliphatic carbocycles. The third-order valence-corrected chi connectivity index (χ3v) is 6.25. The number of fused-ring (bicyclic) bond motifs is 1. The van der Waals surface area contributed by atoms with Crippen LogP contribution in [0.2, 0.25) is 0 Å². The van der Waals surface area contributed by atoms with E-state index in [2.05, 4.69) is 25.8 Å². The number of nitrogens with one attached hydrogen (secondary N) is 3. The first-order valence-electron chi connectivity index (χ1n) is 9.53. The molecular weight excluding hydrogens is 418 g/mol. The lowest BCUT2D eigenvalue weighted by atomic mass is 10.0. The van der Waals surface area contributed by atoms with Crippen molar-refractivity contribution >= 4 is 50.5 Å². The van der Waals surface area contributed by atoms with Crippen LogP contribution >= 0.6 is 22.7 Å². The first kappa shape index (κ1) is 20.2. The lowest BCUT2D eigenvalue weighted by Crippen LogP contribution is -2.46. The maximum absolute atomic E-state index is 13.0. The van der Waals surface area contributed by atoms with Gasteiger partial charge in [-0.1, -0.05) is 43.4 Å². The molecule has 4 rings (SSSR count). The number of aromatic nitrogens is 3. The predicted octanol–water partition coefficient (Wildman–Crippen LogP) is 4.07. The molecule has 3 N–H and O–H groups in total. The van der Waals surface area contributed by atoms with Crippen molar-refractivity contribution in [1.29, 1.82) is 0 Å². The van der Waals surface area contributed by atoms with E-state index in [-0.39, 0.29) is 17.7 Å². The summed E-state index contributed by atoms with van der Waals surface area (Å²) in [6.45, 7) is 3.60.